The molecule has 1 aromatic carbocycles. The second-order valence-corrected chi connectivity index (χ2v) is 6.65. The lowest BCUT2D eigenvalue weighted by Gasteiger charge is -2.28. The third-order valence-electron chi connectivity index (χ3n) is 4.82. The molecule has 144 valence electrons. The van der Waals surface area contributed by atoms with E-state index >= 15 is 0 Å². The molecule has 1 amide bonds. The SMILES string of the molecule is CN1C(=O)CCOc2ccc(CN3CCn4c(nnc4C(F)(F)F)C3)cc21. The molecule has 0 spiro atoms. The van der Waals surface area contributed by atoms with Gasteiger partial charge in [-0.2, -0.15) is 13.2 Å². The number of ether oxygens (including phenoxy) is 1. The van der Waals surface area contributed by atoms with Crippen LogP contribution in [0.25, 0.3) is 0 Å². The Balaban J connectivity index is 1.52. The molecule has 27 heavy (non-hydrogen) atoms. The van der Waals surface area contributed by atoms with Gasteiger partial charge in [0.25, 0.3) is 0 Å². The summed E-state index contributed by atoms with van der Waals surface area (Å²) in [4.78, 5) is 15.6. The third kappa shape index (κ3) is 3.36. The number of amides is 1. The molecule has 2 aliphatic rings. The summed E-state index contributed by atoms with van der Waals surface area (Å²) in [6, 6.07) is 5.62. The van der Waals surface area contributed by atoms with Crippen molar-refractivity contribution in [3.8, 4) is 5.75 Å². The van der Waals surface area contributed by atoms with Crippen LogP contribution in [0.4, 0.5) is 18.9 Å². The summed E-state index contributed by atoms with van der Waals surface area (Å²) >= 11 is 0. The molecule has 0 aliphatic carbocycles. The number of carbonyl (C=O) groups is 1. The Morgan fingerprint density at radius 3 is 2.81 bits per heavy atom. The Labute approximate surface area is 153 Å². The van der Waals surface area contributed by atoms with E-state index in [2.05, 4.69) is 10.2 Å². The molecular weight excluding hydrogens is 363 g/mol. The van der Waals surface area contributed by atoms with E-state index in [9.17, 15) is 18.0 Å². The number of nitrogens with zero attached hydrogens (tertiary/aromatic N) is 5. The van der Waals surface area contributed by atoms with Gasteiger partial charge < -0.3 is 14.2 Å². The Morgan fingerprint density at radius 1 is 1.22 bits per heavy atom. The van der Waals surface area contributed by atoms with Crippen molar-refractivity contribution in [1.82, 2.24) is 19.7 Å². The molecule has 0 atom stereocenters. The van der Waals surface area contributed by atoms with Crippen LogP contribution in [-0.2, 0) is 30.6 Å². The summed E-state index contributed by atoms with van der Waals surface area (Å²) in [7, 11) is 1.71. The van der Waals surface area contributed by atoms with E-state index in [0.717, 1.165) is 10.1 Å². The van der Waals surface area contributed by atoms with E-state index in [1.807, 2.05) is 23.1 Å². The predicted molar refractivity (Wildman–Crippen MR) is 89.1 cm³/mol. The number of anilines is 1. The molecule has 0 fully saturated rings. The smallest absolute Gasteiger partial charge is 0.451 e. The Hall–Kier alpha value is -2.62. The highest BCUT2D eigenvalue weighted by Crippen LogP contribution is 2.33. The number of benzene rings is 1. The number of alkyl halides is 3. The normalized spacial score (nSPS) is 17.9. The van der Waals surface area contributed by atoms with Crippen molar-refractivity contribution in [2.75, 3.05) is 25.1 Å². The van der Waals surface area contributed by atoms with E-state index in [-0.39, 0.29) is 19.0 Å². The Kier molecular flexibility index (Phi) is 4.29. The van der Waals surface area contributed by atoms with Crippen molar-refractivity contribution in [2.24, 2.45) is 0 Å². The third-order valence-corrected chi connectivity index (χ3v) is 4.82. The summed E-state index contributed by atoms with van der Waals surface area (Å²) in [5.74, 6) is -0.00427. The zero-order chi connectivity index (χ0) is 19.2. The molecule has 0 unspecified atom stereocenters. The lowest BCUT2D eigenvalue weighted by molar-refractivity contribution is -0.148. The highest BCUT2D eigenvalue weighted by Gasteiger charge is 2.39. The summed E-state index contributed by atoms with van der Waals surface area (Å²) in [6.45, 7) is 1.80. The summed E-state index contributed by atoms with van der Waals surface area (Å²) in [5.41, 5.74) is 1.65. The van der Waals surface area contributed by atoms with Gasteiger partial charge in [-0.15, -0.1) is 10.2 Å². The molecule has 4 rings (SSSR count). The number of fused-ring (bicyclic) bond motifs is 2. The van der Waals surface area contributed by atoms with Gasteiger partial charge in [-0.3, -0.25) is 9.69 Å². The van der Waals surface area contributed by atoms with Gasteiger partial charge in [0, 0.05) is 26.7 Å². The van der Waals surface area contributed by atoms with E-state index in [0.29, 0.717) is 43.4 Å². The van der Waals surface area contributed by atoms with Crippen molar-refractivity contribution >= 4 is 11.6 Å². The van der Waals surface area contributed by atoms with Crippen molar-refractivity contribution < 1.29 is 22.7 Å². The monoisotopic (exact) mass is 381 g/mol. The molecule has 0 bridgehead atoms. The van der Waals surface area contributed by atoms with E-state index in [4.69, 9.17) is 4.74 Å². The fourth-order valence-corrected chi connectivity index (χ4v) is 3.41. The highest BCUT2D eigenvalue weighted by molar-refractivity contribution is 5.95. The van der Waals surface area contributed by atoms with Gasteiger partial charge >= 0.3 is 6.18 Å². The minimum absolute atomic E-state index is 0.0170. The number of carbonyl (C=O) groups excluding carboxylic acids is 1. The second kappa shape index (κ2) is 6.52. The maximum Gasteiger partial charge on any atom is 0.451 e. The van der Waals surface area contributed by atoms with Crippen LogP contribution in [0.2, 0.25) is 0 Å². The zero-order valence-corrected chi connectivity index (χ0v) is 14.7. The van der Waals surface area contributed by atoms with Crippen LogP contribution >= 0.6 is 0 Å². The first-order valence-corrected chi connectivity index (χ1v) is 8.57. The van der Waals surface area contributed by atoms with Crippen LogP contribution < -0.4 is 9.64 Å². The van der Waals surface area contributed by atoms with Crippen LogP contribution in [-0.4, -0.2) is 45.8 Å². The number of rotatable bonds is 2. The lowest BCUT2D eigenvalue weighted by atomic mass is 10.1. The van der Waals surface area contributed by atoms with Crippen LogP contribution in [0, 0.1) is 0 Å². The second-order valence-electron chi connectivity index (χ2n) is 6.65. The molecule has 1 aromatic heterocycles. The van der Waals surface area contributed by atoms with Gasteiger partial charge in [0.15, 0.2) is 0 Å². The zero-order valence-electron chi connectivity index (χ0n) is 14.7. The fraction of sp³-hybridized carbons (Fsp3) is 0.471. The average molecular weight is 381 g/mol. The average Bonchev–Trinajstić information content (AvgIpc) is 2.99. The van der Waals surface area contributed by atoms with Gasteiger partial charge in [0.05, 0.1) is 25.3 Å². The Bertz CT molecular complexity index is 880. The van der Waals surface area contributed by atoms with Gasteiger partial charge in [-0.1, -0.05) is 6.07 Å². The van der Waals surface area contributed by atoms with Crippen LogP contribution in [0.15, 0.2) is 18.2 Å². The lowest BCUT2D eigenvalue weighted by Crippen LogP contribution is -2.35. The van der Waals surface area contributed by atoms with Gasteiger partial charge in [-0.05, 0) is 17.7 Å². The van der Waals surface area contributed by atoms with Crippen LogP contribution in [0.3, 0.4) is 0 Å². The van der Waals surface area contributed by atoms with E-state index in [1.165, 1.54) is 0 Å². The Morgan fingerprint density at radius 2 is 2.04 bits per heavy atom. The van der Waals surface area contributed by atoms with Crippen LogP contribution in [0.5, 0.6) is 5.75 Å². The van der Waals surface area contributed by atoms with E-state index in [1.54, 1.807) is 11.9 Å². The topological polar surface area (TPSA) is 63.5 Å². The number of hydrogen-bond acceptors (Lipinski definition) is 5. The predicted octanol–water partition coefficient (Wildman–Crippen LogP) is 2.06. The van der Waals surface area contributed by atoms with Crippen molar-refractivity contribution in [3.63, 3.8) is 0 Å². The quantitative estimate of drug-likeness (QED) is 0.797. The number of halogens is 3. The van der Waals surface area contributed by atoms with Gasteiger partial charge in [-0.25, -0.2) is 0 Å². The standard InChI is InChI=1S/C17H18F3N5O2/c1-23-12-8-11(2-3-13(12)27-7-4-15(23)26)9-24-5-6-25-14(10-24)21-22-16(25)17(18,19)20/h2-3,8H,4-7,9-10H2,1H3. The first-order chi connectivity index (χ1) is 12.8. The molecule has 0 saturated carbocycles. The first kappa shape index (κ1) is 17.8. The van der Waals surface area contributed by atoms with E-state index < -0.39 is 12.0 Å². The highest BCUT2D eigenvalue weighted by atomic mass is 19.4. The molecule has 0 saturated heterocycles. The molecule has 2 aromatic rings. The maximum absolute atomic E-state index is 12.9. The molecule has 0 radical (unpaired) electrons. The summed E-state index contributed by atoms with van der Waals surface area (Å²) in [5, 5.41) is 7.00. The molecule has 7 nitrogen and oxygen atoms in total. The van der Waals surface area contributed by atoms with Crippen molar-refractivity contribution in [3.05, 3.63) is 35.4 Å². The largest absolute Gasteiger partial charge is 0.491 e. The molecule has 2 aliphatic heterocycles. The number of aromatic nitrogens is 3. The van der Waals surface area contributed by atoms with Gasteiger partial charge in [0.2, 0.25) is 11.7 Å². The maximum atomic E-state index is 12.9. The van der Waals surface area contributed by atoms with Crippen LogP contribution in [0.1, 0.15) is 23.6 Å². The minimum Gasteiger partial charge on any atom is -0.491 e. The van der Waals surface area contributed by atoms with Gasteiger partial charge in [0.1, 0.15) is 11.6 Å². The minimum atomic E-state index is -4.50. The fourth-order valence-electron chi connectivity index (χ4n) is 3.41. The molecule has 3 heterocycles. The first-order valence-electron chi connectivity index (χ1n) is 8.57. The van der Waals surface area contributed by atoms with Crippen molar-refractivity contribution in [2.45, 2.75) is 32.2 Å². The summed E-state index contributed by atoms with van der Waals surface area (Å²) in [6.07, 6.45) is -4.18. The molecule has 10 heteroatoms. The molecule has 0 N–H and O–H groups in total. The van der Waals surface area contributed by atoms with Crippen molar-refractivity contribution in [1.29, 1.82) is 0 Å². The summed E-state index contributed by atoms with van der Waals surface area (Å²) < 4.78 is 45.5. The molecular formula is C17H18F3N5O2. The number of hydrogen-bond donors (Lipinski definition) is 0.